The van der Waals surface area contributed by atoms with E-state index in [1.165, 1.54) is 0 Å². The highest BCUT2D eigenvalue weighted by molar-refractivity contribution is 5.86. The van der Waals surface area contributed by atoms with Crippen molar-refractivity contribution in [3.8, 4) is 11.1 Å². The third-order valence-electron chi connectivity index (χ3n) is 3.69. The zero-order valence-electron chi connectivity index (χ0n) is 13.6. The number of hydrogen-bond acceptors (Lipinski definition) is 6. The molecule has 3 aromatic rings. The van der Waals surface area contributed by atoms with Gasteiger partial charge in [0.2, 0.25) is 5.95 Å². The van der Waals surface area contributed by atoms with E-state index >= 15 is 0 Å². The molecule has 7 heteroatoms. The van der Waals surface area contributed by atoms with Crippen LogP contribution in [0, 0.1) is 0 Å². The van der Waals surface area contributed by atoms with Gasteiger partial charge in [-0.1, -0.05) is 12.1 Å². The first-order valence-electron chi connectivity index (χ1n) is 7.49. The Morgan fingerprint density at radius 3 is 2.87 bits per heavy atom. The minimum Gasteiger partial charge on any atom is -0.372 e. The first kappa shape index (κ1) is 15.2. The fourth-order valence-electron chi connectivity index (χ4n) is 2.45. The second kappa shape index (κ2) is 6.21. The van der Waals surface area contributed by atoms with Crippen molar-refractivity contribution in [2.24, 2.45) is 0 Å². The molecule has 0 bridgehead atoms. The van der Waals surface area contributed by atoms with Crippen LogP contribution >= 0.6 is 0 Å². The molecule has 0 aliphatic rings. The number of nitrogens with zero attached hydrogens (tertiary/aromatic N) is 5. The molecule has 2 aromatic heterocycles. The number of hydrogen-bond donors (Lipinski definition) is 2. The van der Waals surface area contributed by atoms with Crippen LogP contribution in [0.3, 0.4) is 0 Å². The fourth-order valence-corrected chi connectivity index (χ4v) is 2.45. The molecule has 120 valence electrons. The third kappa shape index (κ3) is 3.24. The van der Waals surface area contributed by atoms with Crippen LogP contribution < -0.4 is 11.1 Å². The number of nitrogens with two attached hydrogens (primary N) is 1. The van der Waals surface area contributed by atoms with Gasteiger partial charge in [-0.25, -0.2) is 4.98 Å². The molecule has 2 heterocycles. The van der Waals surface area contributed by atoms with Gasteiger partial charge in [0.05, 0.1) is 12.1 Å². The van der Waals surface area contributed by atoms with Crippen LogP contribution in [0.25, 0.3) is 22.0 Å². The van der Waals surface area contributed by atoms with E-state index < -0.39 is 0 Å². The molecule has 0 saturated heterocycles. The maximum absolute atomic E-state index is 5.65. The first-order valence-corrected chi connectivity index (χ1v) is 7.49. The molecule has 0 aliphatic carbocycles. The molecule has 0 atom stereocenters. The van der Waals surface area contributed by atoms with Crippen LogP contribution in [0.5, 0.6) is 0 Å². The Hall–Kier alpha value is -2.67. The van der Waals surface area contributed by atoms with Crippen molar-refractivity contribution >= 4 is 22.7 Å². The Morgan fingerprint density at radius 1 is 1.30 bits per heavy atom. The summed E-state index contributed by atoms with van der Waals surface area (Å²) in [6.07, 6.45) is 3.81. The van der Waals surface area contributed by atoms with Crippen LogP contribution in [-0.4, -0.2) is 52.3 Å². The van der Waals surface area contributed by atoms with Gasteiger partial charge in [0, 0.05) is 36.9 Å². The monoisotopic (exact) mass is 311 g/mol. The van der Waals surface area contributed by atoms with Gasteiger partial charge in [-0.05, 0) is 25.7 Å². The Kier molecular flexibility index (Phi) is 4.12. The molecule has 0 aliphatic heterocycles. The summed E-state index contributed by atoms with van der Waals surface area (Å²) in [6.45, 7) is 1.82. The Bertz CT molecular complexity index is 822. The summed E-state index contributed by atoms with van der Waals surface area (Å²) in [5, 5.41) is 8.83. The molecule has 0 spiro atoms. The maximum atomic E-state index is 5.65. The van der Waals surface area contributed by atoms with Gasteiger partial charge < -0.3 is 16.0 Å². The highest BCUT2D eigenvalue weighted by Gasteiger charge is 2.09. The first-order chi connectivity index (χ1) is 11.1. The number of aromatic nitrogens is 4. The van der Waals surface area contributed by atoms with E-state index in [1.807, 2.05) is 11.7 Å². The zero-order chi connectivity index (χ0) is 16.4. The van der Waals surface area contributed by atoms with Crippen LogP contribution in [0.15, 0.2) is 30.6 Å². The van der Waals surface area contributed by atoms with Crippen LogP contribution in [0.2, 0.25) is 0 Å². The van der Waals surface area contributed by atoms with Crippen molar-refractivity contribution in [3.05, 3.63) is 30.6 Å². The lowest BCUT2D eigenvalue weighted by atomic mass is 10.1. The lowest BCUT2D eigenvalue weighted by Crippen LogP contribution is -2.18. The lowest BCUT2D eigenvalue weighted by Gasteiger charge is -2.08. The number of nitrogens with one attached hydrogen (secondary N) is 1. The summed E-state index contributed by atoms with van der Waals surface area (Å²) in [5.74, 6) is 0.969. The molecular formula is C16H21N7. The van der Waals surface area contributed by atoms with E-state index in [0.29, 0.717) is 5.82 Å². The van der Waals surface area contributed by atoms with Crippen molar-refractivity contribution in [3.63, 3.8) is 0 Å². The van der Waals surface area contributed by atoms with E-state index in [9.17, 15) is 0 Å². The van der Waals surface area contributed by atoms with Crippen molar-refractivity contribution in [2.45, 2.75) is 6.54 Å². The van der Waals surface area contributed by atoms with Crippen LogP contribution in [0.1, 0.15) is 0 Å². The minimum absolute atomic E-state index is 0.257. The average Bonchev–Trinajstić information content (AvgIpc) is 2.94. The summed E-state index contributed by atoms with van der Waals surface area (Å²) >= 11 is 0. The molecule has 23 heavy (non-hydrogen) atoms. The SMILES string of the molecule is CNc1nc(N)ncc1-c1ccc2cn(CCN(C)C)nc2c1. The molecule has 0 unspecified atom stereocenters. The van der Waals surface area contributed by atoms with Gasteiger partial charge in [-0.3, -0.25) is 4.68 Å². The highest BCUT2D eigenvalue weighted by Crippen LogP contribution is 2.28. The third-order valence-corrected chi connectivity index (χ3v) is 3.69. The van der Waals surface area contributed by atoms with Gasteiger partial charge in [0.15, 0.2) is 0 Å². The largest absolute Gasteiger partial charge is 0.372 e. The van der Waals surface area contributed by atoms with Crippen molar-refractivity contribution in [2.75, 3.05) is 38.7 Å². The molecular weight excluding hydrogens is 290 g/mol. The van der Waals surface area contributed by atoms with Crippen LogP contribution in [0.4, 0.5) is 11.8 Å². The topological polar surface area (TPSA) is 84.9 Å². The predicted molar refractivity (Wildman–Crippen MR) is 93.3 cm³/mol. The van der Waals surface area contributed by atoms with E-state index in [2.05, 4.69) is 63.8 Å². The average molecular weight is 311 g/mol. The highest BCUT2D eigenvalue weighted by atomic mass is 15.3. The number of fused-ring (bicyclic) bond motifs is 1. The van der Waals surface area contributed by atoms with Gasteiger partial charge in [0.25, 0.3) is 0 Å². The quantitative estimate of drug-likeness (QED) is 0.746. The van der Waals surface area contributed by atoms with E-state index in [0.717, 1.165) is 35.1 Å². The molecule has 0 fully saturated rings. The summed E-state index contributed by atoms with van der Waals surface area (Å²) in [6, 6.07) is 6.17. The van der Waals surface area contributed by atoms with E-state index in [4.69, 9.17) is 5.73 Å². The summed E-state index contributed by atoms with van der Waals surface area (Å²) in [4.78, 5) is 10.5. The maximum Gasteiger partial charge on any atom is 0.221 e. The number of likely N-dealkylation sites (N-methyl/N-ethyl adjacent to an activating group) is 1. The molecule has 0 amide bonds. The Labute approximate surface area is 135 Å². The second-order valence-electron chi connectivity index (χ2n) is 5.71. The minimum atomic E-state index is 0.257. The number of nitrogen functional groups attached to an aromatic ring is 1. The number of benzene rings is 1. The predicted octanol–water partition coefficient (Wildman–Crippen LogP) is 1.68. The molecule has 1 aromatic carbocycles. The van der Waals surface area contributed by atoms with Crippen molar-refractivity contribution in [1.82, 2.24) is 24.6 Å². The van der Waals surface area contributed by atoms with Gasteiger partial charge in [0.1, 0.15) is 5.82 Å². The number of anilines is 2. The Balaban J connectivity index is 1.97. The number of rotatable bonds is 5. The van der Waals surface area contributed by atoms with Crippen molar-refractivity contribution < 1.29 is 0 Å². The summed E-state index contributed by atoms with van der Waals surface area (Å²) < 4.78 is 1.98. The van der Waals surface area contributed by atoms with Gasteiger partial charge >= 0.3 is 0 Å². The van der Waals surface area contributed by atoms with Crippen LogP contribution in [-0.2, 0) is 6.54 Å². The molecule has 0 saturated carbocycles. The second-order valence-corrected chi connectivity index (χ2v) is 5.71. The smallest absolute Gasteiger partial charge is 0.221 e. The summed E-state index contributed by atoms with van der Waals surface area (Å²) in [7, 11) is 5.93. The fraction of sp³-hybridized carbons (Fsp3) is 0.312. The normalized spacial score (nSPS) is 11.3. The molecule has 3 rings (SSSR count). The standard InChI is InChI=1S/C16H21N7/c1-18-15-13(9-19-16(17)20-15)11-4-5-12-10-23(7-6-22(2)3)21-14(12)8-11/h4-5,8-10H,6-7H2,1-3H3,(H3,17,18,19,20). The van der Waals surface area contributed by atoms with Crippen molar-refractivity contribution in [1.29, 1.82) is 0 Å². The van der Waals surface area contributed by atoms with Gasteiger partial charge in [-0.15, -0.1) is 0 Å². The summed E-state index contributed by atoms with van der Waals surface area (Å²) in [5.41, 5.74) is 8.53. The van der Waals surface area contributed by atoms with Gasteiger partial charge in [-0.2, -0.15) is 10.1 Å². The lowest BCUT2D eigenvalue weighted by molar-refractivity contribution is 0.374. The molecule has 3 N–H and O–H groups in total. The zero-order valence-corrected chi connectivity index (χ0v) is 13.6. The van der Waals surface area contributed by atoms with E-state index in [1.54, 1.807) is 6.20 Å². The Morgan fingerprint density at radius 2 is 2.13 bits per heavy atom. The molecule has 7 nitrogen and oxygen atoms in total. The van der Waals surface area contributed by atoms with E-state index in [-0.39, 0.29) is 5.95 Å². The molecule has 0 radical (unpaired) electrons.